The molecule has 0 aliphatic carbocycles. The van der Waals surface area contributed by atoms with Crippen LogP contribution in [0.1, 0.15) is 24.1 Å². The van der Waals surface area contributed by atoms with E-state index in [0.717, 1.165) is 6.54 Å². The zero-order valence-electron chi connectivity index (χ0n) is 11.1. The van der Waals surface area contributed by atoms with Gasteiger partial charge in [0.1, 0.15) is 0 Å². The highest BCUT2D eigenvalue weighted by molar-refractivity contribution is 5.79. The first-order chi connectivity index (χ1) is 9.33. The number of nitrogens with one attached hydrogen (secondary N) is 2. The Kier molecular flexibility index (Phi) is 3.34. The first-order valence-corrected chi connectivity index (χ1v) is 6.67. The molecule has 0 saturated carbocycles. The highest BCUT2D eigenvalue weighted by Gasteiger charge is 2.04. The predicted octanol–water partition coefficient (Wildman–Crippen LogP) is 4.02. The van der Waals surface area contributed by atoms with E-state index in [4.69, 9.17) is 0 Å². The van der Waals surface area contributed by atoms with Crippen molar-refractivity contribution in [2.24, 2.45) is 0 Å². The quantitative estimate of drug-likeness (QED) is 0.719. The number of H-pyrrole nitrogens is 1. The molecule has 19 heavy (non-hydrogen) atoms. The molecule has 2 heteroatoms. The summed E-state index contributed by atoms with van der Waals surface area (Å²) < 4.78 is 0. The lowest BCUT2D eigenvalue weighted by molar-refractivity contribution is 0.575. The molecule has 0 amide bonds. The Morgan fingerprint density at radius 1 is 1.05 bits per heavy atom. The van der Waals surface area contributed by atoms with Crippen molar-refractivity contribution >= 4 is 10.9 Å². The van der Waals surface area contributed by atoms with E-state index in [0.29, 0.717) is 6.04 Å². The fraction of sp³-hybridized carbons (Fsp3) is 0.176. The molecule has 1 aromatic heterocycles. The van der Waals surface area contributed by atoms with E-state index in [-0.39, 0.29) is 0 Å². The van der Waals surface area contributed by atoms with Crippen LogP contribution in [0.25, 0.3) is 10.9 Å². The van der Waals surface area contributed by atoms with Crippen molar-refractivity contribution in [1.82, 2.24) is 10.3 Å². The maximum Gasteiger partial charge on any atom is 0.0457 e. The van der Waals surface area contributed by atoms with E-state index in [1.54, 1.807) is 0 Å². The number of hydrogen-bond donors (Lipinski definition) is 2. The number of hydrogen-bond acceptors (Lipinski definition) is 1. The third-order valence-electron chi connectivity index (χ3n) is 3.53. The van der Waals surface area contributed by atoms with Gasteiger partial charge < -0.3 is 10.3 Å². The summed E-state index contributed by atoms with van der Waals surface area (Å²) in [5.74, 6) is 0. The van der Waals surface area contributed by atoms with Gasteiger partial charge in [-0.15, -0.1) is 0 Å². The molecule has 0 saturated heterocycles. The van der Waals surface area contributed by atoms with E-state index in [9.17, 15) is 0 Å². The Morgan fingerprint density at radius 3 is 2.74 bits per heavy atom. The van der Waals surface area contributed by atoms with E-state index < -0.39 is 0 Å². The van der Waals surface area contributed by atoms with Gasteiger partial charge in [0.25, 0.3) is 0 Å². The number of rotatable bonds is 4. The zero-order valence-corrected chi connectivity index (χ0v) is 11.1. The van der Waals surface area contributed by atoms with Gasteiger partial charge in [-0.2, -0.15) is 0 Å². The van der Waals surface area contributed by atoms with Crippen LogP contribution in [0.5, 0.6) is 0 Å². The summed E-state index contributed by atoms with van der Waals surface area (Å²) in [6.45, 7) is 3.08. The molecular weight excluding hydrogens is 232 g/mol. The van der Waals surface area contributed by atoms with Crippen LogP contribution in [0.15, 0.2) is 60.8 Å². The monoisotopic (exact) mass is 250 g/mol. The topological polar surface area (TPSA) is 27.8 Å². The SMILES string of the molecule is CC(NCc1ccc2cc[nH]c2c1)c1ccccc1. The van der Waals surface area contributed by atoms with Crippen molar-refractivity contribution in [3.8, 4) is 0 Å². The molecule has 0 fully saturated rings. The molecule has 0 radical (unpaired) electrons. The Morgan fingerprint density at radius 2 is 1.89 bits per heavy atom. The van der Waals surface area contributed by atoms with Crippen molar-refractivity contribution in [1.29, 1.82) is 0 Å². The Labute approximate surface area is 113 Å². The first kappa shape index (κ1) is 12.0. The van der Waals surface area contributed by atoms with E-state index in [2.05, 4.69) is 71.8 Å². The lowest BCUT2D eigenvalue weighted by Crippen LogP contribution is -2.17. The fourth-order valence-corrected chi connectivity index (χ4v) is 2.34. The summed E-state index contributed by atoms with van der Waals surface area (Å²) in [4.78, 5) is 3.25. The molecule has 0 aliphatic rings. The van der Waals surface area contributed by atoms with Gasteiger partial charge >= 0.3 is 0 Å². The summed E-state index contributed by atoms with van der Waals surface area (Å²) >= 11 is 0. The smallest absolute Gasteiger partial charge is 0.0457 e. The van der Waals surface area contributed by atoms with E-state index >= 15 is 0 Å². The van der Waals surface area contributed by atoms with Crippen molar-refractivity contribution in [2.75, 3.05) is 0 Å². The largest absolute Gasteiger partial charge is 0.361 e. The standard InChI is InChI=1S/C17H18N2/c1-13(15-5-3-2-4-6-15)19-12-14-7-8-16-9-10-18-17(16)11-14/h2-11,13,18-19H,12H2,1H3. The highest BCUT2D eigenvalue weighted by Crippen LogP contribution is 2.16. The van der Waals surface area contributed by atoms with Crippen LogP contribution in [0, 0.1) is 0 Å². The molecule has 1 unspecified atom stereocenters. The summed E-state index contributed by atoms with van der Waals surface area (Å²) in [6, 6.07) is 19.5. The molecule has 1 heterocycles. The molecule has 1 atom stereocenters. The third kappa shape index (κ3) is 2.69. The molecule has 3 rings (SSSR count). The van der Waals surface area contributed by atoms with Crippen molar-refractivity contribution in [3.05, 3.63) is 71.9 Å². The van der Waals surface area contributed by atoms with Crippen LogP contribution in [0.3, 0.4) is 0 Å². The van der Waals surface area contributed by atoms with Gasteiger partial charge in [0.15, 0.2) is 0 Å². The molecule has 2 aromatic carbocycles. The summed E-state index contributed by atoms with van der Waals surface area (Å²) in [5, 5.41) is 4.82. The summed E-state index contributed by atoms with van der Waals surface area (Å²) in [6.07, 6.45) is 1.98. The van der Waals surface area contributed by atoms with Crippen LogP contribution in [-0.2, 0) is 6.54 Å². The van der Waals surface area contributed by atoms with Crippen molar-refractivity contribution in [2.45, 2.75) is 19.5 Å². The zero-order chi connectivity index (χ0) is 13.1. The second-order valence-corrected chi connectivity index (χ2v) is 4.91. The predicted molar refractivity (Wildman–Crippen MR) is 80.0 cm³/mol. The number of fused-ring (bicyclic) bond motifs is 1. The molecule has 0 bridgehead atoms. The fourth-order valence-electron chi connectivity index (χ4n) is 2.34. The minimum absolute atomic E-state index is 0.362. The van der Waals surface area contributed by atoms with Gasteiger partial charge in [-0.05, 0) is 35.6 Å². The van der Waals surface area contributed by atoms with Gasteiger partial charge in [-0.25, -0.2) is 0 Å². The van der Waals surface area contributed by atoms with Gasteiger partial charge in [0, 0.05) is 24.3 Å². The lowest BCUT2D eigenvalue weighted by Gasteiger charge is -2.14. The van der Waals surface area contributed by atoms with Crippen LogP contribution in [-0.4, -0.2) is 4.98 Å². The minimum atomic E-state index is 0.362. The number of aromatic nitrogens is 1. The first-order valence-electron chi connectivity index (χ1n) is 6.67. The maximum absolute atomic E-state index is 3.56. The van der Waals surface area contributed by atoms with Crippen molar-refractivity contribution in [3.63, 3.8) is 0 Å². The second kappa shape index (κ2) is 5.29. The summed E-state index contributed by atoms with van der Waals surface area (Å²) in [5.41, 5.74) is 3.83. The number of aromatic amines is 1. The Balaban J connectivity index is 1.68. The van der Waals surface area contributed by atoms with Gasteiger partial charge in [0.2, 0.25) is 0 Å². The van der Waals surface area contributed by atoms with Crippen LogP contribution in [0.2, 0.25) is 0 Å². The second-order valence-electron chi connectivity index (χ2n) is 4.91. The highest BCUT2D eigenvalue weighted by atomic mass is 14.9. The van der Waals surface area contributed by atoms with Crippen LogP contribution >= 0.6 is 0 Å². The average molecular weight is 250 g/mol. The van der Waals surface area contributed by atoms with Crippen LogP contribution < -0.4 is 5.32 Å². The van der Waals surface area contributed by atoms with Gasteiger partial charge in [0.05, 0.1) is 0 Å². The minimum Gasteiger partial charge on any atom is -0.361 e. The van der Waals surface area contributed by atoms with E-state index in [1.807, 2.05) is 6.20 Å². The third-order valence-corrected chi connectivity index (χ3v) is 3.53. The van der Waals surface area contributed by atoms with E-state index in [1.165, 1.54) is 22.0 Å². The number of benzene rings is 2. The average Bonchev–Trinajstić information content (AvgIpc) is 2.93. The normalized spacial score (nSPS) is 12.7. The Hall–Kier alpha value is -2.06. The molecular formula is C17H18N2. The molecule has 0 spiro atoms. The van der Waals surface area contributed by atoms with Gasteiger partial charge in [-0.1, -0.05) is 42.5 Å². The summed E-state index contributed by atoms with van der Waals surface area (Å²) in [7, 11) is 0. The molecule has 0 aliphatic heterocycles. The Bertz CT molecular complexity index is 655. The lowest BCUT2D eigenvalue weighted by atomic mass is 10.1. The molecule has 2 nitrogen and oxygen atoms in total. The van der Waals surface area contributed by atoms with Gasteiger partial charge in [-0.3, -0.25) is 0 Å². The molecule has 2 N–H and O–H groups in total. The van der Waals surface area contributed by atoms with Crippen LogP contribution in [0.4, 0.5) is 0 Å². The molecule has 96 valence electrons. The van der Waals surface area contributed by atoms with Crippen molar-refractivity contribution < 1.29 is 0 Å². The maximum atomic E-state index is 3.56. The molecule has 3 aromatic rings.